The number of hydrogen-bond donors (Lipinski definition) is 2. The molecule has 0 unspecified atom stereocenters. The molecule has 0 radical (unpaired) electrons. The molecule has 0 heterocycles. The number of hydrazine groups is 1. The molecule has 0 spiro atoms. The molecule has 1 aromatic rings. The van der Waals surface area contributed by atoms with Crippen molar-refractivity contribution in [2.24, 2.45) is 5.84 Å². The van der Waals surface area contributed by atoms with Crippen LogP contribution in [0.4, 0.5) is 0 Å². The maximum Gasteiger partial charge on any atom is 0.233 e. The van der Waals surface area contributed by atoms with Gasteiger partial charge in [-0.05, 0) is 38.1 Å². The average Bonchev–Trinajstić information content (AvgIpc) is 2.32. The van der Waals surface area contributed by atoms with Gasteiger partial charge in [-0.1, -0.05) is 24.3 Å². The molecule has 0 saturated carbocycles. The highest BCUT2D eigenvalue weighted by atomic mass is 16.2. The predicted molar refractivity (Wildman–Crippen MR) is 69.1 cm³/mol. The first kappa shape index (κ1) is 13.7. The van der Waals surface area contributed by atoms with Crippen molar-refractivity contribution >= 4 is 5.91 Å². The number of amides is 1. The molecule has 0 aliphatic carbocycles. The molecule has 0 bridgehead atoms. The minimum absolute atomic E-state index is 0.103. The van der Waals surface area contributed by atoms with E-state index in [-0.39, 0.29) is 5.91 Å². The van der Waals surface area contributed by atoms with E-state index in [1.54, 1.807) is 0 Å². The lowest BCUT2D eigenvalue weighted by molar-refractivity contribution is -0.121. The van der Waals surface area contributed by atoms with Crippen LogP contribution in [-0.2, 0) is 11.3 Å². The molecule has 1 amide bonds. The first-order valence-corrected chi connectivity index (χ1v) is 5.86. The lowest BCUT2D eigenvalue weighted by atomic mass is 10.1. The van der Waals surface area contributed by atoms with Crippen molar-refractivity contribution in [1.82, 2.24) is 10.3 Å². The van der Waals surface area contributed by atoms with Crippen LogP contribution in [0.2, 0.25) is 0 Å². The van der Waals surface area contributed by atoms with E-state index in [0.717, 1.165) is 19.5 Å². The number of carbonyl (C=O) groups is 1. The third-order valence-electron chi connectivity index (χ3n) is 2.81. The highest BCUT2D eigenvalue weighted by Crippen LogP contribution is 2.09. The van der Waals surface area contributed by atoms with Crippen molar-refractivity contribution in [3.05, 3.63) is 35.4 Å². The molecule has 0 aliphatic heterocycles. The first-order chi connectivity index (χ1) is 8.13. The van der Waals surface area contributed by atoms with Crippen LogP contribution in [-0.4, -0.2) is 24.4 Å². The number of nitrogens with one attached hydrogen (secondary N) is 1. The Kier molecular flexibility index (Phi) is 5.66. The Hall–Kier alpha value is -1.39. The van der Waals surface area contributed by atoms with Crippen LogP contribution in [0, 0.1) is 6.92 Å². The Morgan fingerprint density at radius 2 is 2.12 bits per heavy atom. The van der Waals surface area contributed by atoms with Gasteiger partial charge in [0.2, 0.25) is 5.91 Å². The molecule has 1 aromatic carbocycles. The molecule has 4 nitrogen and oxygen atoms in total. The lowest BCUT2D eigenvalue weighted by Crippen LogP contribution is -2.30. The second-order valence-corrected chi connectivity index (χ2v) is 4.34. The van der Waals surface area contributed by atoms with Crippen LogP contribution in [0.1, 0.15) is 24.0 Å². The molecule has 0 aliphatic rings. The number of hydrogen-bond acceptors (Lipinski definition) is 3. The van der Waals surface area contributed by atoms with Gasteiger partial charge in [0.25, 0.3) is 0 Å². The fourth-order valence-corrected chi connectivity index (χ4v) is 1.74. The quantitative estimate of drug-likeness (QED) is 0.442. The van der Waals surface area contributed by atoms with Crippen molar-refractivity contribution < 1.29 is 4.79 Å². The molecule has 3 N–H and O–H groups in total. The second-order valence-electron chi connectivity index (χ2n) is 4.34. The van der Waals surface area contributed by atoms with E-state index >= 15 is 0 Å². The van der Waals surface area contributed by atoms with Crippen LogP contribution in [0.15, 0.2) is 24.3 Å². The van der Waals surface area contributed by atoms with Crippen molar-refractivity contribution in [3.63, 3.8) is 0 Å². The molecular formula is C13H21N3O. The Morgan fingerprint density at radius 3 is 2.76 bits per heavy atom. The van der Waals surface area contributed by atoms with Gasteiger partial charge in [0.1, 0.15) is 0 Å². The molecule has 1 rings (SSSR count). The van der Waals surface area contributed by atoms with Gasteiger partial charge in [-0.15, -0.1) is 0 Å². The summed E-state index contributed by atoms with van der Waals surface area (Å²) in [6.07, 6.45) is 1.31. The summed E-state index contributed by atoms with van der Waals surface area (Å²) in [5, 5.41) is 0. The molecule has 0 aromatic heterocycles. The van der Waals surface area contributed by atoms with Crippen molar-refractivity contribution in [2.75, 3.05) is 13.6 Å². The van der Waals surface area contributed by atoms with Gasteiger partial charge >= 0.3 is 0 Å². The zero-order chi connectivity index (χ0) is 12.7. The number of nitrogens with two attached hydrogens (primary N) is 1. The molecule has 0 atom stereocenters. The van der Waals surface area contributed by atoms with Crippen molar-refractivity contribution in [2.45, 2.75) is 26.3 Å². The zero-order valence-corrected chi connectivity index (χ0v) is 10.6. The summed E-state index contributed by atoms with van der Waals surface area (Å²) in [6, 6.07) is 8.35. The summed E-state index contributed by atoms with van der Waals surface area (Å²) in [5.41, 5.74) is 4.78. The summed E-state index contributed by atoms with van der Waals surface area (Å²) in [5.74, 6) is 4.92. The lowest BCUT2D eigenvalue weighted by Gasteiger charge is -2.17. The van der Waals surface area contributed by atoms with Crippen molar-refractivity contribution in [3.8, 4) is 0 Å². The van der Waals surface area contributed by atoms with E-state index in [4.69, 9.17) is 5.84 Å². The maximum absolute atomic E-state index is 11.0. The van der Waals surface area contributed by atoms with Crippen LogP contribution >= 0.6 is 0 Å². The van der Waals surface area contributed by atoms with Crippen LogP contribution in [0.25, 0.3) is 0 Å². The van der Waals surface area contributed by atoms with Gasteiger partial charge in [0.05, 0.1) is 0 Å². The van der Waals surface area contributed by atoms with Gasteiger partial charge in [0.15, 0.2) is 0 Å². The Balaban J connectivity index is 2.32. The SMILES string of the molecule is Cc1ccccc1CN(C)CCCC(=O)NN. The third-order valence-corrected chi connectivity index (χ3v) is 2.81. The third kappa shape index (κ3) is 4.97. The van der Waals surface area contributed by atoms with E-state index in [1.165, 1.54) is 11.1 Å². The predicted octanol–water partition coefficient (Wildman–Crippen LogP) is 1.20. The first-order valence-electron chi connectivity index (χ1n) is 5.86. The Bertz CT molecular complexity index is 365. The molecular weight excluding hydrogens is 214 g/mol. The molecule has 94 valence electrons. The van der Waals surface area contributed by atoms with Gasteiger partial charge in [-0.25, -0.2) is 5.84 Å². The zero-order valence-electron chi connectivity index (χ0n) is 10.6. The molecule has 17 heavy (non-hydrogen) atoms. The molecule has 4 heteroatoms. The molecule has 0 fully saturated rings. The summed E-state index contributed by atoms with van der Waals surface area (Å²) >= 11 is 0. The van der Waals surface area contributed by atoms with E-state index in [0.29, 0.717) is 6.42 Å². The number of benzene rings is 1. The van der Waals surface area contributed by atoms with Gasteiger partial charge in [0, 0.05) is 13.0 Å². The highest BCUT2D eigenvalue weighted by molar-refractivity contribution is 5.75. The second kappa shape index (κ2) is 7.04. The van der Waals surface area contributed by atoms with E-state index in [9.17, 15) is 4.79 Å². The minimum atomic E-state index is -0.103. The fraction of sp³-hybridized carbons (Fsp3) is 0.462. The van der Waals surface area contributed by atoms with E-state index in [1.807, 2.05) is 6.07 Å². The number of aryl methyl sites for hydroxylation is 1. The Labute approximate surface area is 103 Å². The number of nitrogens with zero attached hydrogens (tertiary/aromatic N) is 1. The summed E-state index contributed by atoms with van der Waals surface area (Å²) in [6.45, 7) is 3.92. The van der Waals surface area contributed by atoms with Crippen LogP contribution in [0.3, 0.4) is 0 Å². The monoisotopic (exact) mass is 235 g/mol. The normalized spacial score (nSPS) is 10.6. The van der Waals surface area contributed by atoms with Crippen LogP contribution < -0.4 is 11.3 Å². The maximum atomic E-state index is 11.0. The van der Waals surface area contributed by atoms with E-state index < -0.39 is 0 Å². The Morgan fingerprint density at radius 1 is 1.41 bits per heavy atom. The summed E-state index contributed by atoms with van der Waals surface area (Å²) in [7, 11) is 2.06. The minimum Gasteiger partial charge on any atom is -0.302 e. The van der Waals surface area contributed by atoms with Gasteiger partial charge in [-0.2, -0.15) is 0 Å². The smallest absolute Gasteiger partial charge is 0.233 e. The fourth-order valence-electron chi connectivity index (χ4n) is 1.74. The van der Waals surface area contributed by atoms with Crippen molar-refractivity contribution in [1.29, 1.82) is 0 Å². The van der Waals surface area contributed by atoms with Gasteiger partial charge < -0.3 is 4.90 Å². The topological polar surface area (TPSA) is 58.4 Å². The number of carbonyl (C=O) groups excluding carboxylic acids is 1. The average molecular weight is 235 g/mol. The standard InChI is InChI=1S/C13H21N3O/c1-11-6-3-4-7-12(11)10-16(2)9-5-8-13(17)15-14/h3-4,6-7H,5,8-10,14H2,1-2H3,(H,15,17). The van der Waals surface area contributed by atoms with E-state index in [2.05, 4.69) is 42.5 Å². The largest absolute Gasteiger partial charge is 0.302 e. The van der Waals surface area contributed by atoms with Crippen LogP contribution in [0.5, 0.6) is 0 Å². The van der Waals surface area contributed by atoms with Gasteiger partial charge in [-0.3, -0.25) is 10.2 Å². The summed E-state index contributed by atoms with van der Waals surface area (Å²) in [4.78, 5) is 13.2. The number of rotatable bonds is 6. The highest BCUT2D eigenvalue weighted by Gasteiger charge is 2.04. The molecule has 0 saturated heterocycles. The summed E-state index contributed by atoms with van der Waals surface area (Å²) < 4.78 is 0.